The summed E-state index contributed by atoms with van der Waals surface area (Å²) in [5, 5.41) is 15.6. The molecule has 0 bridgehead atoms. The van der Waals surface area contributed by atoms with Crippen molar-refractivity contribution in [2.45, 2.75) is 19.4 Å². The van der Waals surface area contributed by atoms with E-state index in [1.54, 1.807) is 0 Å². The number of aryl methyl sites for hydroxylation is 2. The molecule has 4 nitrogen and oxygen atoms in total. The van der Waals surface area contributed by atoms with E-state index >= 15 is 0 Å². The van der Waals surface area contributed by atoms with Gasteiger partial charge in [0.2, 0.25) is 0 Å². The third kappa shape index (κ3) is 2.48. The van der Waals surface area contributed by atoms with Crippen LogP contribution >= 0.6 is 0 Å². The molecule has 2 rings (SSSR count). The maximum absolute atomic E-state index is 12.0. The van der Waals surface area contributed by atoms with Crippen LogP contribution in [-0.4, -0.2) is 36.2 Å². The zero-order chi connectivity index (χ0) is 12.5. The SMILES string of the molecule is Cc1cccc(C)c1C(=O)NCC1(O)CNC1. The fourth-order valence-corrected chi connectivity index (χ4v) is 2.04. The van der Waals surface area contributed by atoms with E-state index < -0.39 is 5.60 Å². The minimum Gasteiger partial charge on any atom is -0.385 e. The van der Waals surface area contributed by atoms with Gasteiger partial charge in [-0.1, -0.05) is 18.2 Å². The van der Waals surface area contributed by atoms with Crippen molar-refractivity contribution in [2.75, 3.05) is 19.6 Å². The minimum atomic E-state index is -0.772. The van der Waals surface area contributed by atoms with Crippen molar-refractivity contribution >= 4 is 5.91 Å². The Morgan fingerprint density at radius 1 is 1.41 bits per heavy atom. The first-order valence-electron chi connectivity index (χ1n) is 5.79. The van der Waals surface area contributed by atoms with E-state index in [-0.39, 0.29) is 5.91 Å². The Bertz CT molecular complexity index is 419. The normalized spacial score (nSPS) is 17.4. The molecule has 1 saturated heterocycles. The largest absolute Gasteiger partial charge is 0.385 e. The van der Waals surface area contributed by atoms with Crippen molar-refractivity contribution in [2.24, 2.45) is 0 Å². The highest BCUT2D eigenvalue weighted by Crippen LogP contribution is 2.14. The molecule has 1 fully saturated rings. The van der Waals surface area contributed by atoms with Crippen molar-refractivity contribution in [1.82, 2.24) is 10.6 Å². The quantitative estimate of drug-likeness (QED) is 0.708. The van der Waals surface area contributed by atoms with Gasteiger partial charge in [-0.2, -0.15) is 0 Å². The van der Waals surface area contributed by atoms with Crippen molar-refractivity contribution in [3.05, 3.63) is 34.9 Å². The Hall–Kier alpha value is -1.39. The number of nitrogens with one attached hydrogen (secondary N) is 2. The lowest BCUT2D eigenvalue weighted by Gasteiger charge is -2.37. The number of carbonyl (C=O) groups excluding carboxylic acids is 1. The van der Waals surface area contributed by atoms with E-state index in [2.05, 4.69) is 10.6 Å². The van der Waals surface area contributed by atoms with E-state index in [9.17, 15) is 9.90 Å². The van der Waals surface area contributed by atoms with E-state index in [4.69, 9.17) is 0 Å². The third-order valence-corrected chi connectivity index (χ3v) is 3.19. The molecule has 92 valence electrons. The second-order valence-corrected chi connectivity index (χ2v) is 4.78. The number of amides is 1. The molecular weight excluding hydrogens is 216 g/mol. The highest BCUT2D eigenvalue weighted by atomic mass is 16.3. The molecule has 1 aliphatic heterocycles. The molecule has 1 aromatic carbocycles. The Morgan fingerprint density at radius 3 is 2.47 bits per heavy atom. The zero-order valence-corrected chi connectivity index (χ0v) is 10.2. The first-order valence-corrected chi connectivity index (χ1v) is 5.79. The van der Waals surface area contributed by atoms with Crippen molar-refractivity contribution in [1.29, 1.82) is 0 Å². The van der Waals surface area contributed by atoms with E-state index in [0.717, 1.165) is 11.1 Å². The van der Waals surface area contributed by atoms with Crippen LogP contribution in [0.15, 0.2) is 18.2 Å². The molecule has 0 aromatic heterocycles. The highest BCUT2D eigenvalue weighted by Gasteiger charge is 2.34. The van der Waals surface area contributed by atoms with Gasteiger partial charge in [0.15, 0.2) is 0 Å². The first-order chi connectivity index (χ1) is 8.02. The molecule has 4 heteroatoms. The number of rotatable bonds is 3. The summed E-state index contributed by atoms with van der Waals surface area (Å²) in [6, 6.07) is 5.77. The summed E-state index contributed by atoms with van der Waals surface area (Å²) in [5.74, 6) is -0.110. The Labute approximate surface area is 101 Å². The molecule has 1 amide bonds. The molecule has 0 unspecified atom stereocenters. The Balaban J connectivity index is 2.04. The fourth-order valence-electron chi connectivity index (χ4n) is 2.04. The second kappa shape index (κ2) is 4.47. The molecular formula is C13H18N2O2. The predicted octanol–water partition coefficient (Wildman–Crippen LogP) is 0.368. The number of β-amino-alcohol motifs (C(OH)–C–C–N with tert-alkyl or cyclic N) is 1. The summed E-state index contributed by atoms with van der Waals surface area (Å²) >= 11 is 0. The first kappa shape index (κ1) is 12.1. The summed E-state index contributed by atoms with van der Waals surface area (Å²) < 4.78 is 0. The maximum atomic E-state index is 12.0. The number of aliphatic hydroxyl groups is 1. The maximum Gasteiger partial charge on any atom is 0.251 e. The summed E-state index contributed by atoms with van der Waals surface area (Å²) in [5.41, 5.74) is 1.86. The van der Waals surface area contributed by atoms with Gasteiger partial charge in [0.05, 0.1) is 0 Å². The van der Waals surface area contributed by atoms with Crippen LogP contribution in [0.2, 0.25) is 0 Å². The van der Waals surface area contributed by atoms with Crippen molar-refractivity contribution < 1.29 is 9.90 Å². The van der Waals surface area contributed by atoms with Gasteiger partial charge in [-0.3, -0.25) is 4.79 Å². The summed E-state index contributed by atoms with van der Waals surface area (Å²) in [7, 11) is 0. The lowest BCUT2D eigenvalue weighted by molar-refractivity contribution is -0.00761. The lowest BCUT2D eigenvalue weighted by atomic mass is 9.96. The number of benzene rings is 1. The van der Waals surface area contributed by atoms with Crippen LogP contribution in [0.3, 0.4) is 0 Å². The second-order valence-electron chi connectivity index (χ2n) is 4.78. The van der Waals surface area contributed by atoms with Gasteiger partial charge >= 0.3 is 0 Å². The van der Waals surface area contributed by atoms with Gasteiger partial charge in [-0.05, 0) is 25.0 Å². The molecule has 0 saturated carbocycles. The Kier molecular flexibility index (Phi) is 3.17. The van der Waals surface area contributed by atoms with Crippen molar-refractivity contribution in [3.63, 3.8) is 0 Å². The van der Waals surface area contributed by atoms with Gasteiger partial charge < -0.3 is 15.7 Å². The van der Waals surface area contributed by atoms with E-state index in [1.165, 1.54) is 0 Å². The molecule has 0 radical (unpaired) electrons. The van der Waals surface area contributed by atoms with Crippen LogP contribution in [0.5, 0.6) is 0 Å². The molecule has 1 aliphatic rings. The average molecular weight is 234 g/mol. The molecule has 0 spiro atoms. The highest BCUT2D eigenvalue weighted by molar-refractivity contribution is 5.97. The van der Waals surface area contributed by atoms with Crippen molar-refractivity contribution in [3.8, 4) is 0 Å². The third-order valence-electron chi connectivity index (χ3n) is 3.19. The van der Waals surface area contributed by atoms with Crippen LogP contribution in [0, 0.1) is 13.8 Å². The monoisotopic (exact) mass is 234 g/mol. The molecule has 1 heterocycles. The summed E-state index contributed by atoms with van der Waals surface area (Å²) in [6.45, 7) is 5.22. The number of carbonyl (C=O) groups is 1. The van der Waals surface area contributed by atoms with Crippen LogP contribution in [-0.2, 0) is 0 Å². The van der Waals surface area contributed by atoms with Crippen LogP contribution in [0.25, 0.3) is 0 Å². The summed E-state index contributed by atoms with van der Waals surface area (Å²) in [4.78, 5) is 12.0. The van der Waals surface area contributed by atoms with Gasteiger partial charge in [0.25, 0.3) is 5.91 Å². The molecule has 3 N–H and O–H groups in total. The number of hydrogen-bond donors (Lipinski definition) is 3. The lowest BCUT2D eigenvalue weighted by Crippen LogP contribution is -2.64. The van der Waals surface area contributed by atoms with Crippen LogP contribution in [0.1, 0.15) is 21.5 Å². The fraction of sp³-hybridized carbons (Fsp3) is 0.462. The average Bonchev–Trinajstić information content (AvgIpc) is 2.23. The van der Waals surface area contributed by atoms with Crippen LogP contribution in [0.4, 0.5) is 0 Å². The minimum absolute atomic E-state index is 0.110. The number of hydrogen-bond acceptors (Lipinski definition) is 3. The van der Waals surface area contributed by atoms with E-state index in [0.29, 0.717) is 25.2 Å². The molecule has 0 atom stereocenters. The predicted molar refractivity (Wildman–Crippen MR) is 66.1 cm³/mol. The molecule has 0 aliphatic carbocycles. The van der Waals surface area contributed by atoms with Crippen LogP contribution < -0.4 is 10.6 Å². The molecule has 1 aromatic rings. The topological polar surface area (TPSA) is 61.4 Å². The molecule has 17 heavy (non-hydrogen) atoms. The van der Waals surface area contributed by atoms with Gasteiger partial charge in [0.1, 0.15) is 5.60 Å². The van der Waals surface area contributed by atoms with E-state index in [1.807, 2.05) is 32.0 Å². The van der Waals surface area contributed by atoms with Gasteiger partial charge in [-0.15, -0.1) is 0 Å². The van der Waals surface area contributed by atoms with Gasteiger partial charge in [0, 0.05) is 25.2 Å². The standard InChI is InChI=1S/C13H18N2O2/c1-9-4-3-5-10(2)11(9)12(16)15-8-13(17)6-14-7-13/h3-5,14,17H,6-8H2,1-2H3,(H,15,16). The van der Waals surface area contributed by atoms with Gasteiger partial charge in [-0.25, -0.2) is 0 Å². The summed E-state index contributed by atoms with van der Waals surface area (Å²) in [6.07, 6.45) is 0. The zero-order valence-electron chi connectivity index (χ0n) is 10.2. The Morgan fingerprint density at radius 2 is 2.00 bits per heavy atom. The smallest absolute Gasteiger partial charge is 0.251 e.